The van der Waals surface area contributed by atoms with Gasteiger partial charge in [-0.1, -0.05) is 35.9 Å². The van der Waals surface area contributed by atoms with E-state index in [1.54, 1.807) is 7.11 Å². The molecule has 0 radical (unpaired) electrons. The highest BCUT2D eigenvalue weighted by molar-refractivity contribution is 6.36. The lowest BCUT2D eigenvalue weighted by Gasteiger charge is -2.35. The van der Waals surface area contributed by atoms with Crippen molar-refractivity contribution in [3.63, 3.8) is 0 Å². The molecule has 5 rings (SSSR count). The van der Waals surface area contributed by atoms with Gasteiger partial charge in [0.1, 0.15) is 10.9 Å². The van der Waals surface area contributed by atoms with E-state index in [0.717, 1.165) is 53.0 Å². The van der Waals surface area contributed by atoms with Crippen LogP contribution in [0.15, 0.2) is 42.5 Å². The highest BCUT2D eigenvalue weighted by Crippen LogP contribution is 2.37. The van der Waals surface area contributed by atoms with Gasteiger partial charge >= 0.3 is 0 Å². The lowest BCUT2D eigenvalue weighted by molar-refractivity contribution is 0.143. The summed E-state index contributed by atoms with van der Waals surface area (Å²) in [4.78, 5) is 9.81. The van der Waals surface area contributed by atoms with Crippen LogP contribution in [0.3, 0.4) is 0 Å². The second-order valence-electron chi connectivity index (χ2n) is 9.07. The first-order chi connectivity index (χ1) is 15.6. The van der Waals surface area contributed by atoms with E-state index in [0.29, 0.717) is 5.15 Å². The van der Waals surface area contributed by atoms with E-state index >= 15 is 0 Å². The van der Waals surface area contributed by atoms with Crippen molar-refractivity contribution < 1.29 is 4.74 Å². The molecule has 3 heterocycles. The molecule has 6 heteroatoms. The molecule has 0 saturated carbocycles. The molecule has 1 saturated heterocycles. The van der Waals surface area contributed by atoms with E-state index in [4.69, 9.17) is 21.3 Å². The number of likely N-dealkylation sites (tertiary alicyclic amines) is 1. The van der Waals surface area contributed by atoms with E-state index in [2.05, 4.69) is 58.8 Å². The molecule has 0 bridgehead atoms. The zero-order chi connectivity index (χ0) is 22.2. The smallest absolute Gasteiger partial charge is 0.137 e. The molecule has 0 N–H and O–H groups in total. The zero-order valence-electron chi connectivity index (χ0n) is 19.1. The summed E-state index contributed by atoms with van der Waals surface area (Å²) < 4.78 is 7.94. The van der Waals surface area contributed by atoms with Crippen molar-refractivity contribution in [1.29, 1.82) is 0 Å². The monoisotopic (exact) mass is 450 g/mol. The van der Waals surface area contributed by atoms with Crippen molar-refractivity contribution in [2.24, 2.45) is 0 Å². The predicted molar refractivity (Wildman–Crippen MR) is 134 cm³/mol. The Morgan fingerprint density at radius 1 is 1.03 bits per heavy atom. The highest BCUT2D eigenvalue weighted by atomic mass is 35.5. The molecular formula is C26H31ClN4O. The van der Waals surface area contributed by atoms with Gasteiger partial charge in [-0.2, -0.15) is 0 Å². The molecular weight excluding hydrogens is 420 g/mol. The zero-order valence-corrected chi connectivity index (χ0v) is 19.9. The molecule has 0 atom stereocenters. The lowest BCUT2D eigenvalue weighted by Crippen LogP contribution is -2.42. The van der Waals surface area contributed by atoms with Crippen LogP contribution in [0, 0.1) is 0 Å². The van der Waals surface area contributed by atoms with Crippen LogP contribution in [0.5, 0.6) is 5.75 Å². The Labute approximate surface area is 194 Å². The molecule has 0 aliphatic carbocycles. The summed E-state index contributed by atoms with van der Waals surface area (Å²) in [5.74, 6) is 0.839. The van der Waals surface area contributed by atoms with Gasteiger partial charge in [0.15, 0.2) is 0 Å². The van der Waals surface area contributed by atoms with Gasteiger partial charge in [-0.25, -0.2) is 4.98 Å². The Hall–Kier alpha value is -2.34. The van der Waals surface area contributed by atoms with Gasteiger partial charge in [-0.15, -0.1) is 0 Å². The fraction of sp³-hybridized carbons (Fsp3) is 0.423. The maximum atomic E-state index is 6.60. The second-order valence-corrected chi connectivity index (χ2v) is 9.43. The number of hydrogen-bond acceptors (Lipinski definition) is 4. The topological polar surface area (TPSA) is 33.5 Å². The number of piperidine rings is 1. The number of halogens is 1. The number of aromatic nitrogens is 2. The van der Waals surface area contributed by atoms with Crippen LogP contribution in [0.2, 0.25) is 5.15 Å². The molecule has 168 valence electrons. The first kappa shape index (κ1) is 21.5. The number of ether oxygens (including phenoxy) is 1. The third kappa shape index (κ3) is 3.83. The van der Waals surface area contributed by atoms with Gasteiger partial charge in [-0.05, 0) is 71.2 Å². The minimum Gasteiger partial charge on any atom is -0.497 e. The van der Waals surface area contributed by atoms with E-state index in [9.17, 15) is 0 Å². The van der Waals surface area contributed by atoms with Crippen molar-refractivity contribution in [2.45, 2.75) is 31.8 Å². The summed E-state index contributed by atoms with van der Waals surface area (Å²) in [6, 6.07) is 15.3. The number of methoxy groups -OCH3 is 1. The van der Waals surface area contributed by atoms with E-state index in [1.807, 2.05) is 12.1 Å². The molecule has 2 aromatic heterocycles. The number of aryl methyl sites for hydroxylation is 1. The Morgan fingerprint density at radius 3 is 2.50 bits per heavy atom. The minimum absolute atomic E-state index is 0.554. The molecule has 0 spiro atoms. The summed E-state index contributed by atoms with van der Waals surface area (Å²) >= 11 is 6.60. The molecule has 32 heavy (non-hydrogen) atoms. The van der Waals surface area contributed by atoms with Crippen molar-refractivity contribution in [3.05, 3.63) is 47.6 Å². The van der Waals surface area contributed by atoms with E-state index < -0.39 is 0 Å². The highest BCUT2D eigenvalue weighted by Gasteiger charge is 2.21. The van der Waals surface area contributed by atoms with Crippen LogP contribution in [-0.2, 0) is 6.54 Å². The average molecular weight is 451 g/mol. The second kappa shape index (κ2) is 8.89. The van der Waals surface area contributed by atoms with E-state index in [1.165, 1.54) is 37.0 Å². The SMILES string of the molecule is COc1ccc2c(c1)c1nc(Cl)c3ccccc3c1n2CCCN1CCC(N(C)C)CC1. The van der Waals surface area contributed by atoms with Crippen LogP contribution < -0.4 is 4.74 Å². The Morgan fingerprint density at radius 2 is 1.78 bits per heavy atom. The molecule has 4 aromatic rings. The number of benzene rings is 2. The number of pyridine rings is 1. The first-order valence-electron chi connectivity index (χ1n) is 11.5. The molecule has 2 aromatic carbocycles. The summed E-state index contributed by atoms with van der Waals surface area (Å²) in [5.41, 5.74) is 3.31. The summed E-state index contributed by atoms with van der Waals surface area (Å²) in [7, 11) is 6.10. The minimum atomic E-state index is 0.554. The number of hydrogen-bond donors (Lipinski definition) is 0. The molecule has 0 amide bonds. The summed E-state index contributed by atoms with van der Waals surface area (Å²) in [5, 5.41) is 3.81. The maximum Gasteiger partial charge on any atom is 0.137 e. The number of fused-ring (bicyclic) bond motifs is 5. The summed E-state index contributed by atoms with van der Waals surface area (Å²) in [6.07, 6.45) is 3.62. The largest absolute Gasteiger partial charge is 0.497 e. The Bertz CT molecular complexity index is 1260. The Kier molecular flexibility index (Phi) is 5.97. The van der Waals surface area contributed by atoms with Crippen molar-refractivity contribution in [2.75, 3.05) is 40.8 Å². The van der Waals surface area contributed by atoms with Crippen LogP contribution in [-0.4, -0.2) is 66.2 Å². The molecule has 1 aliphatic heterocycles. The fourth-order valence-electron chi connectivity index (χ4n) is 5.20. The third-order valence-corrected chi connectivity index (χ3v) is 7.29. The van der Waals surface area contributed by atoms with Gasteiger partial charge in [0.2, 0.25) is 0 Å². The quantitative estimate of drug-likeness (QED) is 0.367. The van der Waals surface area contributed by atoms with Gasteiger partial charge in [0, 0.05) is 28.7 Å². The number of nitrogens with zero attached hydrogens (tertiary/aromatic N) is 4. The lowest BCUT2D eigenvalue weighted by atomic mass is 10.0. The predicted octanol–water partition coefficient (Wildman–Crippen LogP) is 5.42. The van der Waals surface area contributed by atoms with Crippen molar-refractivity contribution in [1.82, 2.24) is 19.4 Å². The van der Waals surface area contributed by atoms with Gasteiger partial charge in [0.05, 0.1) is 23.7 Å². The van der Waals surface area contributed by atoms with Gasteiger partial charge in [-0.3, -0.25) is 0 Å². The Balaban J connectivity index is 1.49. The van der Waals surface area contributed by atoms with Crippen LogP contribution in [0.4, 0.5) is 0 Å². The van der Waals surface area contributed by atoms with Crippen molar-refractivity contribution in [3.8, 4) is 5.75 Å². The first-order valence-corrected chi connectivity index (χ1v) is 11.9. The van der Waals surface area contributed by atoms with Gasteiger partial charge < -0.3 is 19.1 Å². The maximum absolute atomic E-state index is 6.60. The van der Waals surface area contributed by atoms with Crippen LogP contribution in [0.1, 0.15) is 19.3 Å². The van der Waals surface area contributed by atoms with Crippen molar-refractivity contribution >= 4 is 44.3 Å². The average Bonchev–Trinajstić information content (AvgIpc) is 3.12. The van der Waals surface area contributed by atoms with Gasteiger partial charge in [0.25, 0.3) is 0 Å². The fourth-order valence-corrected chi connectivity index (χ4v) is 5.45. The molecule has 0 unspecified atom stereocenters. The van der Waals surface area contributed by atoms with E-state index in [-0.39, 0.29) is 0 Å². The molecule has 5 nitrogen and oxygen atoms in total. The number of rotatable bonds is 6. The van der Waals surface area contributed by atoms with Crippen LogP contribution >= 0.6 is 11.6 Å². The standard InChI is InChI=1S/C26H31ClN4O/c1-29(2)18-11-15-30(16-12-18)13-6-14-31-23-10-9-19(32-3)17-22(23)24-25(31)20-7-4-5-8-21(20)26(27)28-24/h4-5,7-10,17-18H,6,11-16H2,1-3H3. The normalized spacial score (nSPS) is 16.0. The molecule has 1 aliphatic rings. The molecule has 1 fully saturated rings. The third-order valence-electron chi connectivity index (χ3n) is 7.00. The summed E-state index contributed by atoms with van der Waals surface area (Å²) in [6.45, 7) is 4.45. The van der Waals surface area contributed by atoms with Crippen LogP contribution in [0.25, 0.3) is 32.7 Å².